The molecule has 3 heteroatoms. The van der Waals surface area contributed by atoms with E-state index < -0.39 is 0 Å². The molecular formula is C20H21N3. The summed E-state index contributed by atoms with van der Waals surface area (Å²) in [5.41, 5.74) is 4.73. The Balaban J connectivity index is 1.88. The van der Waals surface area contributed by atoms with E-state index in [9.17, 15) is 0 Å². The molecule has 0 bridgehead atoms. The summed E-state index contributed by atoms with van der Waals surface area (Å²) in [5, 5.41) is 9.15. The van der Waals surface area contributed by atoms with Crippen molar-refractivity contribution >= 4 is 11.0 Å². The normalized spacial score (nSPS) is 12.2. The number of benzene rings is 2. The molecule has 3 aromatic rings. The molecule has 2 aromatic carbocycles. The van der Waals surface area contributed by atoms with Gasteiger partial charge in [-0.25, -0.2) is 4.98 Å². The van der Waals surface area contributed by atoms with Crippen LogP contribution in [-0.2, 0) is 19.4 Å². The molecule has 0 amide bonds. The number of nitrogens with zero attached hydrogens (tertiary/aromatic N) is 3. The Morgan fingerprint density at radius 1 is 1.09 bits per heavy atom. The SMILES string of the molecule is Cc1ccc(CCc2nc3ccccc3n2CC(C)C#N)cc1. The van der Waals surface area contributed by atoms with Crippen molar-refractivity contribution in [1.29, 1.82) is 5.26 Å². The molecule has 0 N–H and O–H groups in total. The molecule has 0 aliphatic heterocycles. The molecule has 1 heterocycles. The standard InChI is InChI=1S/C20H21N3/c1-15-7-9-17(10-8-15)11-12-20-22-18-5-3-4-6-19(18)23(20)14-16(2)13-21/h3-10,16H,11-12,14H2,1-2H3. The Morgan fingerprint density at radius 3 is 2.57 bits per heavy atom. The van der Waals surface area contributed by atoms with E-state index in [1.54, 1.807) is 0 Å². The summed E-state index contributed by atoms with van der Waals surface area (Å²) in [6.45, 7) is 4.76. The summed E-state index contributed by atoms with van der Waals surface area (Å²) in [4.78, 5) is 4.79. The smallest absolute Gasteiger partial charge is 0.110 e. The third-order valence-corrected chi connectivity index (χ3v) is 4.17. The molecule has 0 saturated carbocycles. The Morgan fingerprint density at radius 2 is 1.83 bits per heavy atom. The summed E-state index contributed by atoms with van der Waals surface area (Å²) in [6, 6.07) is 19.2. The minimum absolute atomic E-state index is 0.0225. The van der Waals surface area contributed by atoms with Gasteiger partial charge >= 0.3 is 0 Å². The first kappa shape index (κ1) is 15.3. The summed E-state index contributed by atoms with van der Waals surface area (Å²) < 4.78 is 2.21. The van der Waals surface area contributed by atoms with Gasteiger partial charge in [-0.1, -0.05) is 42.0 Å². The van der Waals surface area contributed by atoms with Crippen LogP contribution in [0.5, 0.6) is 0 Å². The summed E-state index contributed by atoms with van der Waals surface area (Å²) >= 11 is 0. The zero-order valence-corrected chi connectivity index (χ0v) is 13.7. The van der Waals surface area contributed by atoms with Gasteiger partial charge in [0.05, 0.1) is 23.0 Å². The number of nitriles is 1. The van der Waals surface area contributed by atoms with Crippen molar-refractivity contribution in [3.63, 3.8) is 0 Å². The van der Waals surface area contributed by atoms with E-state index in [-0.39, 0.29) is 5.92 Å². The second kappa shape index (κ2) is 6.66. The lowest BCUT2D eigenvalue weighted by Crippen LogP contribution is -2.10. The average molecular weight is 303 g/mol. The second-order valence-electron chi connectivity index (χ2n) is 6.14. The first-order valence-electron chi connectivity index (χ1n) is 8.06. The zero-order valence-electron chi connectivity index (χ0n) is 13.7. The molecule has 23 heavy (non-hydrogen) atoms. The van der Waals surface area contributed by atoms with Gasteiger partial charge in [0.1, 0.15) is 5.82 Å². The summed E-state index contributed by atoms with van der Waals surface area (Å²) in [5.74, 6) is 1.04. The number of hydrogen-bond donors (Lipinski definition) is 0. The molecule has 116 valence electrons. The Labute approximate surface area is 137 Å². The van der Waals surface area contributed by atoms with Gasteiger partial charge in [-0.3, -0.25) is 0 Å². The Kier molecular flexibility index (Phi) is 4.43. The van der Waals surface area contributed by atoms with Crippen LogP contribution in [0.4, 0.5) is 0 Å². The van der Waals surface area contributed by atoms with Crippen LogP contribution in [0.3, 0.4) is 0 Å². The Bertz CT molecular complexity index is 837. The van der Waals surface area contributed by atoms with Crippen LogP contribution in [0.25, 0.3) is 11.0 Å². The number of para-hydroxylation sites is 2. The lowest BCUT2D eigenvalue weighted by Gasteiger charge is -2.10. The third-order valence-electron chi connectivity index (χ3n) is 4.17. The van der Waals surface area contributed by atoms with Gasteiger partial charge in [0.15, 0.2) is 0 Å². The van der Waals surface area contributed by atoms with Gasteiger partial charge in [0, 0.05) is 13.0 Å². The number of fused-ring (bicyclic) bond motifs is 1. The van der Waals surface area contributed by atoms with Crippen LogP contribution < -0.4 is 0 Å². The molecule has 0 saturated heterocycles. The molecule has 0 spiro atoms. The van der Waals surface area contributed by atoms with Crippen LogP contribution in [0, 0.1) is 24.2 Å². The first-order valence-corrected chi connectivity index (χ1v) is 8.06. The van der Waals surface area contributed by atoms with Crippen molar-refractivity contribution in [3.8, 4) is 6.07 Å². The maximum Gasteiger partial charge on any atom is 0.110 e. The number of aryl methyl sites for hydroxylation is 3. The number of rotatable bonds is 5. The summed E-state index contributed by atoms with van der Waals surface area (Å²) in [7, 11) is 0. The molecule has 0 aliphatic rings. The van der Waals surface area contributed by atoms with Gasteiger partial charge in [-0.15, -0.1) is 0 Å². The second-order valence-corrected chi connectivity index (χ2v) is 6.14. The molecule has 1 atom stereocenters. The number of hydrogen-bond acceptors (Lipinski definition) is 2. The first-order chi connectivity index (χ1) is 11.2. The minimum atomic E-state index is -0.0225. The lowest BCUT2D eigenvalue weighted by molar-refractivity contribution is 0.568. The predicted molar refractivity (Wildman–Crippen MR) is 93.1 cm³/mol. The monoisotopic (exact) mass is 303 g/mol. The van der Waals surface area contributed by atoms with Gasteiger partial charge in [0.25, 0.3) is 0 Å². The highest BCUT2D eigenvalue weighted by Crippen LogP contribution is 2.19. The maximum absolute atomic E-state index is 9.15. The van der Waals surface area contributed by atoms with Crippen LogP contribution in [-0.4, -0.2) is 9.55 Å². The fourth-order valence-corrected chi connectivity index (χ4v) is 2.85. The minimum Gasteiger partial charge on any atom is -0.327 e. The van der Waals surface area contributed by atoms with Gasteiger partial charge in [0.2, 0.25) is 0 Å². The molecule has 0 radical (unpaired) electrons. The van der Waals surface area contributed by atoms with Crippen molar-refractivity contribution < 1.29 is 0 Å². The topological polar surface area (TPSA) is 41.6 Å². The van der Waals surface area contributed by atoms with Crippen molar-refractivity contribution in [2.45, 2.75) is 33.2 Å². The molecule has 1 aromatic heterocycles. The molecule has 3 nitrogen and oxygen atoms in total. The van der Waals surface area contributed by atoms with Crippen molar-refractivity contribution in [2.75, 3.05) is 0 Å². The molecular weight excluding hydrogens is 282 g/mol. The van der Waals surface area contributed by atoms with E-state index in [4.69, 9.17) is 10.2 Å². The highest BCUT2D eigenvalue weighted by Gasteiger charge is 2.12. The fourth-order valence-electron chi connectivity index (χ4n) is 2.85. The van der Waals surface area contributed by atoms with Crippen LogP contribution in [0.15, 0.2) is 48.5 Å². The molecule has 3 rings (SSSR count). The van der Waals surface area contributed by atoms with Crippen LogP contribution >= 0.6 is 0 Å². The Hall–Kier alpha value is -2.60. The van der Waals surface area contributed by atoms with E-state index in [2.05, 4.69) is 47.9 Å². The van der Waals surface area contributed by atoms with Crippen LogP contribution in [0.1, 0.15) is 23.9 Å². The van der Waals surface area contributed by atoms with Crippen LogP contribution in [0.2, 0.25) is 0 Å². The highest BCUT2D eigenvalue weighted by molar-refractivity contribution is 5.75. The van der Waals surface area contributed by atoms with E-state index in [1.807, 2.05) is 25.1 Å². The molecule has 0 aliphatic carbocycles. The predicted octanol–water partition coefficient (Wildman–Crippen LogP) is 4.29. The highest BCUT2D eigenvalue weighted by atomic mass is 15.1. The van der Waals surface area contributed by atoms with Gasteiger partial charge in [-0.05, 0) is 38.0 Å². The van der Waals surface area contributed by atoms with E-state index >= 15 is 0 Å². The van der Waals surface area contributed by atoms with Crippen molar-refractivity contribution in [3.05, 3.63) is 65.5 Å². The molecule has 1 unspecified atom stereocenters. The van der Waals surface area contributed by atoms with Gasteiger partial charge < -0.3 is 4.57 Å². The zero-order chi connectivity index (χ0) is 16.2. The average Bonchev–Trinajstić information content (AvgIpc) is 2.92. The number of aromatic nitrogens is 2. The number of imidazole rings is 1. The third kappa shape index (κ3) is 3.43. The van der Waals surface area contributed by atoms with Crippen molar-refractivity contribution in [2.24, 2.45) is 5.92 Å². The lowest BCUT2D eigenvalue weighted by atomic mass is 10.1. The fraction of sp³-hybridized carbons (Fsp3) is 0.300. The summed E-state index contributed by atoms with van der Waals surface area (Å²) in [6.07, 6.45) is 1.85. The quantitative estimate of drug-likeness (QED) is 0.705. The molecule has 0 fully saturated rings. The van der Waals surface area contributed by atoms with E-state index in [0.29, 0.717) is 6.54 Å². The maximum atomic E-state index is 9.15. The largest absolute Gasteiger partial charge is 0.327 e. The van der Waals surface area contributed by atoms with E-state index in [0.717, 1.165) is 29.7 Å². The van der Waals surface area contributed by atoms with Gasteiger partial charge in [-0.2, -0.15) is 5.26 Å². The van der Waals surface area contributed by atoms with E-state index in [1.165, 1.54) is 11.1 Å². The van der Waals surface area contributed by atoms with Crippen molar-refractivity contribution in [1.82, 2.24) is 9.55 Å².